The van der Waals surface area contributed by atoms with Gasteiger partial charge in [0.1, 0.15) is 11.9 Å². The van der Waals surface area contributed by atoms with Crippen LogP contribution in [0, 0.1) is 0 Å². The van der Waals surface area contributed by atoms with E-state index in [1.807, 2.05) is 24.4 Å². The van der Waals surface area contributed by atoms with E-state index in [-0.39, 0.29) is 18.4 Å². The highest BCUT2D eigenvalue weighted by molar-refractivity contribution is 7.13. The zero-order valence-corrected chi connectivity index (χ0v) is 13.8. The molecule has 4 rings (SSSR count). The van der Waals surface area contributed by atoms with E-state index < -0.39 is 0 Å². The van der Waals surface area contributed by atoms with Crippen LogP contribution in [0.2, 0.25) is 0 Å². The fourth-order valence-electron chi connectivity index (χ4n) is 2.72. The van der Waals surface area contributed by atoms with Gasteiger partial charge >= 0.3 is 0 Å². The molecule has 0 aliphatic carbocycles. The summed E-state index contributed by atoms with van der Waals surface area (Å²) >= 11 is 1.38. The Hall–Kier alpha value is -2.67. The molecule has 0 fully saturated rings. The van der Waals surface area contributed by atoms with Gasteiger partial charge in [-0.1, -0.05) is 5.16 Å². The van der Waals surface area contributed by atoms with Crippen LogP contribution >= 0.6 is 11.3 Å². The molecule has 1 unspecified atom stereocenters. The first kappa shape index (κ1) is 14.9. The van der Waals surface area contributed by atoms with Gasteiger partial charge < -0.3 is 14.6 Å². The second-order valence-corrected chi connectivity index (χ2v) is 6.59. The number of thiazole rings is 1. The maximum Gasteiger partial charge on any atom is 0.232 e. The van der Waals surface area contributed by atoms with E-state index in [4.69, 9.17) is 9.26 Å². The molecular weight excluding hydrogens is 326 g/mol. The maximum absolute atomic E-state index is 12.0. The Morgan fingerprint density at radius 3 is 3.17 bits per heavy atom. The predicted octanol–water partition coefficient (Wildman–Crippen LogP) is 3.30. The molecule has 1 aliphatic heterocycles. The first-order chi connectivity index (χ1) is 11.7. The van der Waals surface area contributed by atoms with E-state index in [1.54, 1.807) is 12.3 Å². The van der Waals surface area contributed by atoms with Gasteiger partial charge in [-0.15, -0.1) is 11.3 Å². The van der Waals surface area contributed by atoms with Crippen molar-refractivity contribution in [3.63, 3.8) is 0 Å². The fourth-order valence-corrected chi connectivity index (χ4v) is 3.26. The van der Waals surface area contributed by atoms with Gasteiger partial charge in [0.05, 0.1) is 12.1 Å². The number of nitrogens with zero attached hydrogens (tertiary/aromatic N) is 2. The number of benzene rings is 1. The molecule has 3 aromatic rings. The molecule has 0 spiro atoms. The van der Waals surface area contributed by atoms with Crippen LogP contribution in [0.1, 0.15) is 18.2 Å². The van der Waals surface area contributed by atoms with Crippen LogP contribution in [-0.4, -0.2) is 22.2 Å². The number of amides is 1. The van der Waals surface area contributed by atoms with Gasteiger partial charge in [-0.05, 0) is 30.7 Å². The number of fused-ring (bicyclic) bond motifs is 1. The van der Waals surface area contributed by atoms with Crippen molar-refractivity contribution < 1.29 is 14.1 Å². The highest BCUT2D eigenvalue weighted by Crippen LogP contribution is 2.33. The molecule has 1 amide bonds. The zero-order valence-electron chi connectivity index (χ0n) is 13.0. The Labute approximate surface area is 142 Å². The van der Waals surface area contributed by atoms with Crippen molar-refractivity contribution in [3.8, 4) is 17.1 Å². The molecule has 1 aromatic carbocycles. The Morgan fingerprint density at radius 1 is 1.42 bits per heavy atom. The molecule has 0 radical (unpaired) electrons. The van der Waals surface area contributed by atoms with Crippen molar-refractivity contribution in [1.82, 2.24) is 10.1 Å². The van der Waals surface area contributed by atoms with E-state index in [2.05, 4.69) is 21.5 Å². The molecule has 7 heteroatoms. The van der Waals surface area contributed by atoms with Crippen LogP contribution in [0.5, 0.6) is 5.75 Å². The van der Waals surface area contributed by atoms with Crippen LogP contribution in [0.15, 0.2) is 40.4 Å². The maximum atomic E-state index is 12.0. The molecule has 1 atom stereocenters. The quantitative estimate of drug-likeness (QED) is 0.788. The standard InChI is InChI=1S/C17H15N3O3S/c1-10-6-12-7-11(2-3-14(12)22-10)15-8-13(20-23-15)9-16(21)19-17-18-4-5-24-17/h2-5,7-8,10H,6,9H2,1H3,(H,18,19,21). The van der Waals surface area contributed by atoms with Crippen molar-refractivity contribution in [3.05, 3.63) is 47.1 Å². The number of hydrogen-bond acceptors (Lipinski definition) is 6. The van der Waals surface area contributed by atoms with Crippen LogP contribution in [0.4, 0.5) is 5.13 Å². The van der Waals surface area contributed by atoms with Crippen molar-refractivity contribution >= 4 is 22.4 Å². The first-order valence-corrected chi connectivity index (χ1v) is 8.50. The normalized spacial score (nSPS) is 15.8. The summed E-state index contributed by atoms with van der Waals surface area (Å²) in [7, 11) is 0. The van der Waals surface area contributed by atoms with E-state index in [0.717, 1.165) is 17.7 Å². The van der Waals surface area contributed by atoms with Gasteiger partial charge in [-0.2, -0.15) is 0 Å². The summed E-state index contributed by atoms with van der Waals surface area (Å²) in [5.41, 5.74) is 2.69. The summed E-state index contributed by atoms with van der Waals surface area (Å²) in [5.74, 6) is 1.41. The van der Waals surface area contributed by atoms with Crippen molar-refractivity contribution in [2.24, 2.45) is 0 Å². The molecule has 3 heterocycles. The minimum Gasteiger partial charge on any atom is -0.490 e. The van der Waals surface area contributed by atoms with Gasteiger partial charge in [0.25, 0.3) is 0 Å². The van der Waals surface area contributed by atoms with Gasteiger partial charge in [0.15, 0.2) is 10.9 Å². The van der Waals surface area contributed by atoms with Crippen LogP contribution < -0.4 is 10.1 Å². The first-order valence-electron chi connectivity index (χ1n) is 7.62. The summed E-state index contributed by atoms with van der Waals surface area (Å²) in [4.78, 5) is 16.0. The second-order valence-electron chi connectivity index (χ2n) is 5.70. The summed E-state index contributed by atoms with van der Waals surface area (Å²) in [6, 6.07) is 7.74. The molecule has 2 aromatic heterocycles. The van der Waals surface area contributed by atoms with E-state index in [9.17, 15) is 4.79 Å². The number of aromatic nitrogens is 2. The number of hydrogen-bond donors (Lipinski definition) is 1. The van der Waals surface area contributed by atoms with Crippen LogP contribution in [0.25, 0.3) is 11.3 Å². The largest absolute Gasteiger partial charge is 0.490 e. The molecule has 0 saturated heterocycles. The molecule has 24 heavy (non-hydrogen) atoms. The van der Waals surface area contributed by atoms with Gasteiger partial charge in [-0.3, -0.25) is 4.79 Å². The molecule has 0 bridgehead atoms. The molecular formula is C17H15N3O3S. The van der Waals surface area contributed by atoms with Crippen molar-refractivity contribution in [2.45, 2.75) is 25.9 Å². The number of nitrogens with one attached hydrogen (secondary N) is 1. The molecule has 0 saturated carbocycles. The topological polar surface area (TPSA) is 77.3 Å². The number of ether oxygens (including phenoxy) is 1. The lowest BCUT2D eigenvalue weighted by Crippen LogP contribution is -2.14. The average molecular weight is 341 g/mol. The van der Waals surface area contributed by atoms with E-state index in [1.165, 1.54) is 16.9 Å². The third-order valence-electron chi connectivity index (χ3n) is 3.76. The average Bonchev–Trinajstić information content (AvgIpc) is 3.26. The third-order valence-corrected chi connectivity index (χ3v) is 4.45. The Morgan fingerprint density at radius 2 is 2.33 bits per heavy atom. The summed E-state index contributed by atoms with van der Waals surface area (Å²) in [6.07, 6.45) is 2.89. The SMILES string of the molecule is CC1Cc2cc(-c3cc(CC(=O)Nc4nccs4)no3)ccc2O1. The van der Waals surface area contributed by atoms with Crippen LogP contribution in [-0.2, 0) is 17.6 Å². The number of carbonyl (C=O) groups excluding carboxylic acids is 1. The smallest absolute Gasteiger partial charge is 0.232 e. The van der Waals surface area contributed by atoms with E-state index >= 15 is 0 Å². The number of carbonyl (C=O) groups is 1. The lowest BCUT2D eigenvalue weighted by molar-refractivity contribution is -0.115. The van der Waals surface area contributed by atoms with E-state index in [0.29, 0.717) is 16.6 Å². The Kier molecular flexibility index (Phi) is 3.78. The van der Waals surface area contributed by atoms with Crippen molar-refractivity contribution in [1.29, 1.82) is 0 Å². The van der Waals surface area contributed by atoms with Gasteiger partial charge in [0, 0.05) is 29.6 Å². The summed E-state index contributed by atoms with van der Waals surface area (Å²) in [6.45, 7) is 2.05. The monoisotopic (exact) mass is 341 g/mol. The van der Waals surface area contributed by atoms with Crippen LogP contribution in [0.3, 0.4) is 0 Å². The minimum absolute atomic E-state index is 0.147. The molecule has 1 N–H and O–H groups in total. The molecule has 1 aliphatic rings. The van der Waals surface area contributed by atoms with Gasteiger partial charge in [-0.25, -0.2) is 4.98 Å². The summed E-state index contributed by atoms with van der Waals surface area (Å²) in [5, 5.41) is 9.10. The lowest BCUT2D eigenvalue weighted by Gasteiger charge is -2.02. The summed E-state index contributed by atoms with van der Waals surface area (Å²) < 4.78 is 11.1. The Bertz CT molecular complexity index is 873. The third kappa shape index (κ3) is 3.03. The second kappa shape index (κ2) is 6.09. The minimum atomic E-state index is -0.166. The molecule has 6 nitrogen and oxygen atoms in total. The number of anilines is 1. The molecule has 122 valence electrons. The highest BCUT2D eigenvalue weighted by Gasteiger charge is 2.20. The lowest BCUT2D eigenvalue weighted by atomic mass is 10.1. The number of rotatable bonds is 4. The fraction of sp³-hybridized carbons (Fsp3) is 0.235. The van der Waals surface area contributed by atoms with Gasteiger partial charge in [0.2, 0.25) is 5.91 Å². The highest BCUT2D eigenvalue weighted by atomic mass is 32.1. The zero-order chi connectivity index (χ0) is 16.5. The Balaban J connectivity index is 1.47. The predicted molar refractivity (Wildman–Crippen MR) is 90.2 cm³/mol. The van der Waals surface area contributed by atoms with Crippen molar-refractivity contribution in [2.75, 3.05) is 5.32 Å².